The van der Waals surface area contributed by atoms with E-state index < -0.39 is 10.0 Å². The Morgan fingerprint density at radius 1 is 0.933 bits per heavy atom. The SMILES string of the molecule is CN(c1ccccc1)S(=O)(=O)c1cccc(C(=O)NCC2(c3ccccc3)CC2)c1. The van der Waals surface area contributed by atoms with Gasteiger partial charge in [-0.2, -0.15) is 0 Å². The van der Waals surface area contributed by atoms with E-state index in [1.54, 1.807) is 36.4 Å². The number of carbonyl (C=O) groups excluding carboxylic acids is 1. The molecule has 3 aromatic carbocycles. The standard InChI is InChI=1S/C24H24N2O3S/c1-26(21-12-6-3-7-13-21)30(28,29)22-14-8-9-19(17-22)23(27)25-18-24(15-16-24)20-10-4-2-5-11-20/h2-14,17H,15-16,18H2,1H3,(H,25,27). The molecule has 1 aliphatic carbocycles. The molecule has 0 bridgehead atoms. The van der Waals surface area contributed by atoms with Gasteiger partial charge < -0.3 is 5.32 Å². The highest BCUT2D eigenvalue weighted by molar-refractivity contribution is 7.92. The molecule has 5 nitrogen and oxygen atoms in total. The average Bonchev–Trinajstić information content (AvgIpc) is 3.59. The van der Waals surface area contributed by atoms with E-state index in [9.17, 15) is 13.2 Å². The van der Waals surface area contributed by atoms with E-state index in [0.717, 1.165) is 12.8 Å². The van der Waals surface area contributed by atoms with E-state index in [4.69, 9.17) is 0 Å². The lowest BCUT2D eigenvalue weighted by atomic mass is 9.96. The van der Waals surface area contributed by atoms with E-state index in [2.05, 4.69) is 17.4 Å². The summed E-state index contributed by atoms with van der Waals surface area (Å²) in [6.45, 7) is 0.538. The third kappa shape index (κ3) is 3.96. The maximum atomic E-state index is 13.0. The van der Waals surface area contributed by atoms with Crippen molar-refractivity contribution in [1.82, 2.24) is 5.32 Å². The van der Waals surface area contributed by atoms with Crippen molar-refractivity contribution in [2.24, 2.45) is 0 Å². The molecule has 0 aromatic heterocycles. The summed E-state index contributed by atoms with van der Waals surface area (Å²) < 4.78 is 27.2. The monoisotopic (exact) mass is 420 g/mol. The van der Waals surface area contributed by atoms with E-state index in [0.29, 0.717) is 17.8 Å². The number of benzene rings is 3. The Bertz CT molecular complexity index is 1140. The van der Waals surface area contributed by atoms with Crippen molar-refractivity contribution in [2.75, 3.05) is 17.9 Å². The summed E-state index contributed by atoms with van der Waals surface area (Å²) in [4.78, 5) is 12.8. The zero-order valence-electron chi connectivity index (χ0n) is 16.8. The number of nitrogens with zero attached hydrogens (tertiary/aromatic N) is 1. The van der Waals surface area contributed by atoms with E-state index in [1.807, 2.05) is 24.3 Å². The van der Waals surface area contributed by atoms with Gasteiger partial charge in [-0.3, -0.25) is 9.10 Å². The highest BCUT2D eigenvalue weighted by Crippen LogP contribution is 2.47. The number of hydrogen-bond donors (Lipinski definition) is 1. The van der Waals surface area contributed by atoms with Crippen LogP contribution in [0.4, 0.5) is 5.69 Å². The Morgan fingerprint density at radius 2 is 1.57 bits per heavy atom. The van der Waals surface area contributed by atoms with Gasteiger partial charge in [-0.25, -0.2) is 8.42 Å². The summed E-state index contributed by atoms with van der Waals surface area (Å²) in [7, 11) is -2.26. The number of sulfonamides is 1. The van der Waals surface area contributed by atoms with Crippen molar-refractivity contribution in [3.05, 3.63) is 96.1 Å². The van der Waals surface area contributed by atoms with Crippen LogP contribution in [0.5, 0.6) is 0 Å². The molecular formula is C24H24N2O3S. The topological polar surface area (TPSA) is 66.5 Å². The number of hydrogen-bond acceptors (Lipinski definition) is 3. The lowest BCUT2D eigenvalue weighted by Crippen LogP contribution is -2.32. The Hall–Kier alpha value is -3.12. The minimum atomic E-state index is -3.77. The first-order valence-electron chi connectivity index (χ1n) is 9.90. The molecule has 0 heterocycles. The van der Waals surface area contributed by atoms with Crippen molar-refractivity contribution in [3.63, 3.8) is 0 Å². The van der Waals surface area contributed by atoms with E-state index >= 15 is 0 Å². The van der Waals surface area contributed by atoms with E-state index in [-0.39, 0.29) is 16.2 Å². The number of carbonyl (C=O) groups is 1. The van der Waals surface area contributed by atoms with Crippen LogP contribution in [0.25, 0.3) is 0 Å². The molecule has 1 saturated carbocycles. The highest BCUT2D eigenvalue weighted by Gasteiger charge is 2.44. The molecule has 1 aliphatic rings. The van der Waals surface area contributed by atoms with Crippen molar-refractivity contribution in [1.29, 1.82) is 0 Å². The molecule has 0 aliphatic heterocycles. The molecule has 0 saturated heterocycles. The van der Waals surface area contributed by atoms with Crippen molar-refractivity contribution < 1.29 is 13.2 Å². The molecule has 0 spiro atoms. The van der Waals surface area contributed by atoms with Gasteiger partial charge in [0.2, 0.25) is 0 Å². The molecular weight excluding hydrogens is 396 g/mol. The maximum Gasteiger partial charge on any atom is 0.264 e. The number of para-hydroxylation sites is 1. The first-order chi connectivity index (χ1) is 14.4. The van der Waals surface area contributed by atoms with Gasteiger partial charge in [0.05, 0.1) is 10.6 Å². The second-order valence-electron chi connectivity index (χ2n) is 7.66. The maximum absolute atomic E-state index is 13.0. The van der Waals surface area contributed by atoms with Gasteiger partial charge in [0, 0.05) is 24.6 Å². The van der Waals surface area contributed by atoms with Crippen LogP contribution in [0.15, 0.2) is 89.8 Å². The smallest absolute Gasteiger partial charge is 0.264 e. The quantitative estimate of drug-likeness (QED) is 0.629. The first-order valence-corrected chi connectivity index (χ1v) is 11.3. The van der Waals surface area contributed by atoms with Crippen LogP contribution in [-0.2, 0) is 15.4 Å². The van der Waals surface area contributed by atoms with Crippen LogP contribution < -0.4 is 9.62 Å². The molecule has 0 atom stereocenters. The zero-order chi connectivity index (χ0) is 21.2. The lowest BCUT2D eigenvalue weighted by Gasteiger charge is -2.20. The normalized spacial score (nSPS) is 14.7. The fourth-order valence-corrected chi connectivity index (χ4v) is 4.84. The number of rotatable bonds is 7. The second-order valence-corrected chi connectivity index (χ2v) is 9.63. The van der Waals surface area contributed by atoms with Gasteiger partial charge in [-0.15, -0.1) is 0 Å². The average molecular weight is 421 g/mol. The lowest BCUT2D eigenvalue weighted by molar-refractivity contribution is 0.0949. The summed E-state index contributed by atoms with van der Waals surface area (Å²) in [5, 5.41) is 2.99. The molecule has 1 fully saturated rings. The van der Waals surface area contributed by atoms with Gasteiger partial charge in [-0.05, 0) is 48.7 Å². The van der Waals surface area contributed by atoms with Crippen LogP contribution in [0, 0.1) is 0 Å². The minimum Gasteiger partial charge on any atom is -0.351 e. The number of amides is 1. The first kappa shape index (κ1) is 20.2. The fourth-order valence-electron chi connectivity index (χ4n) is 3.59. The van der Waals surface area contributed by atoms with Crippen LogP contribution in [0.3, 0.4) is 0 Å². The van der Waals surface area contributed by atoms with Crippen LogP contribution in [0.1, 0.15) is 28.8 Å². The van der Waals surface area contributed by atoms with Gasteiger partial charge >= 0.3 is 0 Å². The summed E-state index contributed by atoms with van der Waals surface area (Å²) in [5.41, 5.74) is 2.12. The molecule has 4 rings (SSSR count). The Kier molecular flexibility index (Phi) is 5.35. The Labute approximate surface area is 177 Å². The van der Waals surface area contributed by atoms with Crippen LogP contribution in [-0.4, -0.2) is 27.9 Å². The molecule has 0 radical (unpaired) electrons. The molecule has 1 N–H and O–H groups in total. The van der Waals surface area contributed by atoms with Crippen molar-refractivity contribution in [2.45, 2.75) is 23.2 Å². The summed E-state index contributed by atoms with van der Waals surface area (Å²) >= 11 is 0. The van der Waals surface area contributed by atoms with Crippen molar-refractivity contribution >= 4 is 21.6 Å². The summed E-state index contributed by atoms with van der Waals surface area (Å²) in [5.74, 6) is -0.267. The predicted octanol–water partition coefficient (Wildman–Crippen LogP) is 3.97. The molecule has 3 aromatic rings. The number of nitrogens with one attached hydrogen (secondary N) is 1. The third-order valence-electron chi connectivity index (χ3n) is 5.70. The minimum absolute atomic E-state index is 0.00582. The number of anilines is 1. The summed E-state index contributed by atoms with van der Waals surface area (Å²) in [6.07, 6.45) is 2.07. The largest absolute Gasteiger partial charge is 0.351 e. The van der Waals surface area contributed by atoms with Crippen LogP contribution in [0.2, 0.25) is 0 Å². The van der Waals surface area contributed by atoms with Crippen LogP contribution >= 0.6 is 0 Å². The van der Waals surface area contributed by atoms with Gasteiger partial charge in [0.15, 0.2) is 0 Å². The van der Waals surface area contributed by atoms with Gasteiger partial charge in [0.25, 0.3) is 15.9 Å². The molecule has 6 heteroatoms. The zero-order valence-corrected chi connectivity index (χ0v) is 17.6. The van der Waals surface area contributed by atoms with Gasteiger partial charge in [0.1, 0.15) is 0 Å². The molecule has 0 unspecified atom stereocenters. The molecule has 1 amide bonds. The van der Waals surface area contributed by atoms with Crippen molar-refractivity contribution in [3.8, 4) is 0 Å². The second kappa shape index (κ2) is 7.95. The Morgan fingerprint density at radius 3 is 2.20 bits per heavy atom. The molecule has 30 heavy (non-hydrogen) atoms. The third-order valence-corrected chi connectivity index (χ3v) is 7.48. The summed E-state index contributed by atoms with van der Waals surface area (Å²) in [6, 6.07) is 25.2. The fraction of sp³-hybridized carbons (Fsp3) is 0.208. The predicted molar refractivity (Wildman–Crippen MR) is 118 cm³/mol. The highest BCUT2D eigenvalue weighted by atomic mass is 32.2. The Balaban J connectivity index is 1.50. The van der Waals surface area contributed by atoms with Gasteiger partial charge in [-0.1, -0.05) is 54.6 Å². The molecule has 154 valence electrons. The van der Waals surface area contributed by atoms with E-state index in [1.165, 1.54) is 29.0 Å².